The first-order valence-electron chi connectivity index (χ1n) is 9.40. The average molecular weight is 386 g/mol. The van der Waals surface area contributed by atoms with Gasteiger partial charge in [-0.15, -0.1) is 0 Å². The van der Waals surface area contributed by atoms with Crippen LogP contribution in [0.5, 0.6) is 0 Å². The number of carboxylic acids is 1. The molecule has 0 amide bonds. The lowest BCUT2D eigenvalue weighted by Crippen LogP contribution is -2.12. The van der Waals surface area contributed by atoms with Gasteiger partial charge in [0.2, 0.25) is 0 Å². The van der Waals surface area contributed by atoms with Crippen molar-refractivity contribution in [1.29, 1.82) is 0 Å². The molecule has 0 radical (unpaired) electrons. The predicted molar refractivity (Wildman–Crippen MR) is 107 cm³/mol. The molecule has 0 unspecified atom stereocenters. The highest BCUT2D eigenvalue weighted by Gasteiger charge is 2.17. The SMILES string of the molecule is Cc1nc(-c2ccc(F)cc2)c(/C=C/[C@@H](O)C[C@@H](C)CC(=O)O)c(C(C)C)n1. The van der Waals surface area contributed by atoms with E-state index in [4.69, 9.17) is 5.11 Å². The van der Waals surface area contributed by atoms with E-state index >= 15 is 0 Å². The molecule has 0 aliphatic carbocycles. The third kappa shape index (κ3) is 5.96. The summed E-state index contributed by atoms with van der Waals surface area (Å²) in [6.07, 6.45) is 3.00. The third-order valence-corrected chi connectivity index (χ3v) is 4.40. The largest absolute Gasteiger partial charge is 0.481 e. The smallest absolute Gasteiger partial charge is 0.303 e. The van der Waals surface area contributed by atoms with E-state index in [2.05, 4.69) is 9.97 Å². The van der Waals surface area contributed by atoms with Crippen molar-refractivity contribution >= 4 is 12.0 Å². The molecule has 0 spiro atoms. The predicted octanol–water partition coefficient (Wildman–Crippen LogP) is 4.59. The number of aryl methyl sites for hydroxylation is 1. The second kappa shape index (κ2) is 9.55. The first-order chi connectivity index (χ1) is 13.2. The van der Waals surface area contributed by atoms with Crippen molar-refractivity contribution in [2.75, 3.05) is 0 Å². The standard InChI is InChI=1S/C22H27FN2O3/c1-13(2)21-19(10-9-18(26)11-14(3)12-20(27)28)22(25-15(4)24-21)16-5-7-17(23)8-6-16/h5-10,13-14,18,26H,11-12H2,1-4H3,(H,27,28)/b10-9+/t14-,18-/m1/s1. The molecule has 0 aliphatic heterocycles. The van der Waals surface area contributed by atoms with Crippen molar-refractivity contribution in [3.63, 3.8) is 0 Å². The molecule has 0 aliphatic rings. The number of aliphatic hydroxyl groups is 1. The number of halogens is 1. The van der Waals surface area contributed by atoms with Gasteiger partial charge in [0.25, 0.3) is 0 Å². The minimum absolute atomic E-state index is 0.0105. The van der Waals surface area contributed by atoms with Crippen molar-refractivity contribution in [2.45, 2.75) is 52.6 Å². The molecule has 0 fully saturated rings. The number of hydrogen-bond donors (Lipinski definition) is 2. The monoisotopic (exact) mass is 386 g/mol. The number of aliphatic hydroxyl groups excluding tert-OH is 1. The first-order valence-corrected chi connectivity index (χ1v) is 9.40. The van der Waals surface area contributed by atoms with Crippen LogP contribution in [-0.2, 0) is 4.79 Å². The Bertz CT molecular complexity index is 848. The zero-order valence-electron chi connectivity index (χ0n) is 16.7. The lowest BCUT2D eigenvalue weighted by atomic mass is 9.96. The van der Waals surface area contributed by atoms with Crippen molar-refractivity contribution in [2.24, 2.45) is 5.92 Å². The van der Waals surface area contributed by atoms with Crippen LogP contribution in [0.3, 0.4) is 0 Å². The number of carboxylic acid groups (broad SMARTS) is 1. The van der Waals surface area contributed by atoms with E-state index in [0.717, 1.165) is 16.8 Å². The highest BCUT2D eigenvalue weighted by atomic mass is 19.1. The van der Waals surface area contributed by atoms with Crippen molar-refractivity contribution in [3.8, 4) is 11.3 Å². The van der Waals surface area contributed by atoms with E-state index in [1.807, 2.05) is 20.8 Å². The third-order valence-electron chi connectivity index (χ3n) is 4.40. The minimum Gasteiger partial charge on any atom is -0.481 e. The van der Waals surface area contributed by atoms with Crippen molar-refractivity contribution in [3.05, 3.63) is 53.2 Å². The maximum Gasteiger partial charge on any atom is 0.303 e. The lowest BCUT2D eigenvalue weighted by molar-refractivity contribution is -0.138. The molecule has 0 saturated carbocycles. The van der Waals surface area contributed by atoms with Gasteiger partial charge in [0.1, 0.15) is 11.6 Å². The zero-order chi connectivity index (χ0) is 20.8. The number of rotatable bonds is 8. The molecule has 2 atom stereocenters. The summed E-state index contributed by atoms with van der Waals surface area (Å²) in [5.41, 5.74) is 3.06. The van der Waals surface area contributed by atoms with Crippen LogP contribution in [-0.4, -0.2) is 32.3 Å². The summed E-state index contributed by atoms with van der Waals surface area (Å²) in [6.45, 7) is 7.66. The summed E-state index contributed by atoms with van der Waals surface area (Å²) in [7, 11) is 0. The van der Waals surface area contributed by atoms with Crippen LogP contribution in [0, 0.1) is 18.7 Å². The molecule has 2 rings (SSSR count). The molecule has 1 aromatic heterocycles. The number of carbonyl (C=O) groups is 1. The highest BCUT2D eigenvalue weighted by Crippen LogP contribution is 2.29. The van der Waals surface area contributed by atoms with Crippen LogP contribution in [0.25, 0.3) is 17.3 Å². The van der Waals surface area contributed by atoms with Crippen LogP contribution >= 0.6 is 0 Å². The Hall–Kier alpha value is -2.60. The molecular formula is C22H27FN2O3. The van der Waals surface area contributed by atoms with E-state index < -0.39 is 12.1 Å². The Morgan fingerprint density at radius 2 is 1.82 bits per heavy atom. The van der Waals surface area contributed by atoms with Gasteiger partial charge in [-0.3, -0.25) is 4.79 Å². The molecule has 1 heterocycles. The number of benzene rings is 1. The van der Waals surface area contributed by atoms with Crippen LogP contribution in [0.15, 0.2) is 30.3 Å². The Labute approximate surface area is 165 Å². The maximum atomic E-state index is 13.3. The fourth-order valence-electron chi connectivity index (χ4n) is 3.11. The molecule has 0 saturated heterocycles. The first kappa shape index (κ1) is 21.7. The second-order valence-electron chi connectivity index (χ2n) is 7.45. The van der Waals surface area contributed by atoms with E-state index in [1.54, 1.807) is 31.2 Å². The Morgan fingerprint density at radius 3 is 2.39 bits per heavy atom. The summed E-state index contributed by atoms with van der Waals surface area (Å²) < 4.78 is 13.3. The summed E-state index contributed by atoms with van der Waals surface area (Å²) in [5, 5.41) is 19.2. The van der Waals surface area contributed by atoms with Gasteiger partial charge in [-0.25, -0.2) is 14.4 Å². The lowest BCUT2D eigenvalue weighted by Gasteiger charge is -2.16. The number of nitrogens with zero attached hydrogens (tertiary/aromatic N) is 2. The molecule has 1 aromatic carbocycles. The van der Waals surface area contributed by atoms with Gasteiger partial charge < -0.3 is 10.2 Å². The normalized spacial score (nSPS) is 13.8. The van der Waals surface area contributed by atoms with E-state index in [-0.39, 0.29) is 24.1 Å². The quantitative estimate of drug-likeness (QED) is 0.693. The number of aliphatic carboxylic acids is 1. The summed E-state index contributed by atoms with van der Waals surface area (Å²) >= 11 is 0. The van der Waals surface area contributed by atoms with Gasteiger partial charge in [-0.1, -0.05) is 32.9 Å². The van der Waals surface area contributed by atoms with Gasteiger partial charge in [0.15, 0.2) is 0 Å². The topological polar surface area (TPSA) is 83.3 Å². The second-order valence-corrected chi connectivity index (χ2v) is 7.45. The number of hydrogen-bond acceptors (Lipinski definition) is 4. The van der Waals surface area contributed by atoms with E-state index in [9.17, 15) is 14.3 Å². The van der Waals surface area contributed by atoms with Crippen LogP contribution in [0.2, 0.25) is 0 Å². The van der Waals surface area contributed by atoms with Crippen molar-refractivity contribution < 1.29 is 19.4 Å². The Balaban J connectivity index is 2.40. The van der Waals surface area contributed by atoms with Crippen LogP contribution in [0.4, 0.5) is 4.39 Å². The minimum atomic E-state index is -0.878. The molecule has 0 bridgehead atoms. The van der Waals surface area contributed by atoms with Crippen molar-refractivity contribution in [1.82, 2.24) is 9.97 Å². The summed E-state index contributed by atoms with van der Waals surface area (Å²) in [6, 6.07) is 6.11. The molecule has 6 heteroatoms. The van der Waals surface area contributed by atoms with E-state index in [1.165, 1.54) is 12.1 Å². The van der Waals surface area contributed by atoms with Gasteiger partial charge in [0, 0.05) is 17.5 Å². The molecule has 5 nitrogen and oxygen atoms in total. The van der Waals surface area contributed by atoms with Gasteiger partial charge >= 0.3 is 5.97 Å². The Morgan fingerprint density at radius 1 is 1.18 bits per heavy atom. The fraction of sp³-hybridized carbons (Fsp3) is 0.409. The summed E-state index contributed by atoms with van der Waals surface area (Å²) in [4.78, 5) is 19.9. The molecule has 2 N–H and O–H groups in total. The molecule has 28 heavy (non-hydrogen) atoms. The van der Waals surface area contributed by atoms with Gasteiger partial charge in [0.05, 0.1) is 17.5 Å². The van der Waals surface area contributed by atoms with Crippen LogP contribution < -0.4 is 0 Å². The van der Waals surface area contributed by atoms with Gasteiger partial charge in [-0.2, -0.15) is 0 Å². The summed E-state index contributed by atoms with van der Waals surface area (Å²) in [5.74, 6) is -0.596. The maximum absolute atomic E-state index is 13.3. The van der Waals surface area contributed by atoms with Crippen LogP contribution in [0.1, 0.15) is 56.6 Å². The zero-order valence-corrected chi connectivity index (χ0v) is 16.7. The van der Waals surface area contributed by atoms with E-state index in [0.29, 0.717) is 17.9 Å². The fourth-order valence-corrected chi connectivity index (χ4v) is 3.11. The molecule has 2 aromatic rings. The molecular weight excluding hydrogens is 359 g/mol. The van der Waals surface area contributed by atoms with Gasteiger partial charge in [-0.05, 0) is 49.4 Å². The Kier molecular flexibility index (Phi) is 7.40. The number of aromatic nitrogens is 2. The average Bonchev–Trinajstić information content (AvgIpc) is 2.59. The molecule has 150 valence electrons. The highest BCUT2D eigenvalue weighted by molar-refractivity contribution is 5.73.